The third kappa shape index (κ3) is 2.98. The zero-order chi connectivity index (χ0) is 11.5. The molecule has 0 aromatic carbocycles. The van der Waals surface area contributed by atoms with Crippen LogP contribution in [0.15, 0.2) is 0 Å². The molecule has 16 heavy (non-hydrogen) atoms. The van der Waals surface area contributed by atoms with E-state index in [4.69, 9.17) is 5.73 Å². The smallest absolute Gasteiger partial charge is 0.0118 e. The summed E-state index contributed by atoms with van der Waals surface area (Å²) < 4.78 is 0. The van der Waals surface area contributed by atoms with Gasteiger partial charge in [-0.15, -0.1) is 0 Å². The fraction of sp³-hybridized carbons (Fsp3) is 1.00. The van der Waals surface area contributed by atoms with Crippen LogP contribution in [0.4, 0.5) is 0 Å². The number of hydrogen-bond donors (Lipinski definition) is 1. The molecule has 2 aliphatic carbocycles. The lowest BCUT2D eigenvalue weighted by atomic mass is 9.84. The molecule has 2 fully saturated rings. The minimum atomic E-state index is 0.488. The predicted octanol–water partition coefficient (Wildman–Crippen LogP) is 2.62. The van der Waals surface area contributed by atoms with Crippen LogP contribution < -0.4 is 5.73 Å². The zero-order valence-corrected chi connectivity index (χ0v) is 11.0. The molecule has 2 heteroatoms. The second-order valence-corrected chi connectivity index (χ2v) is 6.21. The quantitative estimate of drug-likeness (QED) is 0.798. The summed E-state index contributed by atoms with van der Waals surface area (Å²) in [6.07, 6.45) is 9.58. The van der Waals surface area contributed by atoms with E-state index in [1.807, 2.05) is 0 Å². The first kappa shape index (κ1) is 12.4. The van der Waals surface area contributed by atoms with Crippen molar-refractivity contribution in [1.82, 2.24) is 4.90 Å². The summed E-state index contributed by atoms with van der Waals surface area (Å²) in [6, 6.07) is 1.33. The van der Waals surface area contributed by atoms with Crippen molar-refractivity contribution in [3.63, 3.8) is 0 Å². The summed E-state index contributed by atoms with van der Waals surface area (Å²) in [5.74, 6) is 1.77. The topological polar surface area (TPSA) is 29.3 Å². The molecular weight excluding hydrogens is 196 g/mol. The first-order valence-electron chi connectivity index (χ1n) is 7.12. The Labute approximate surface area is 101 Å². The summed E-state index contributed by atoms with van der Waals surface area (Å²) >= 11 is 0. The number of hydrogen-bond acceptors (Lipinski definition) is 2. The first-order valence-corrected chi connectivity index (χ1v) is 7.12. The van der Waals surface area contributed by atoms with E-state index in [0.717, 1.165) is 17.9 Å². The standard InChI is InChI=1S/C14H28N2/c1-11-5-3-4-6-14(11)16(2)10-12-7-8-13(15)9-12/h11-14H,3-10,15H2,1-2H3. The molecule has 4 unspecified atom stereocenters. The Bertz CT molecular complexity index is 217. The zero-order valence-electron chi connectivity index (χ0n) is 11.0. The van der Waals surface area contributed by atoms with E-state index in [-0.39, 0.29) is 0 Å². The van der Waals surface area contributed by atoms with Gasteiger partial charge in [0.25, 0.3) is 0 Å². The van der Waals surface area contributed by atoms with Crippen molar-refractivity contribution in [2.24, 2.45) is 17.6 Å². The lowest BCUT2D eigenvalue weighted by molar-refractivity contribution is 0.122. The van der Waals surface area contributed by atoms with Gasteiger partial charge in [-0.3, -0.25) is 0 Å². The van der Waals surface area contributed by atoms with E-state index in [9.17, 15) is 0 Å². The van der Waals surface area contributed by atoms with Crippen LogP contribution in [0, 0.1) is 11.8 Å². The van der Waals surface area contributed by atoms with Crippen molar-refractivity contribution in [3.8, 4) is 0 Å². The van der Waals surface area contributed by atoms with E-state index in [2.05, 4.69) is 18.9 Å². The van der Waals surface area contributed by atoms with Crippen LogP contribution in [0.5, 0.6) is 0 Å². The van der Waals surface area contributed by atoms with Crippen LogP contribution in [-0.4, -0.2) is 30.6 Å². The molecule has 0 spiro atoms. The van der Waals surface area contributed by atoms with Gasteiger partial charge in [0.15, 0.2) is 0 Å². The first-order chi connectivity index (χ1) is 7.66. The molecule has 0 heterocycles. The average Bonchev–Trinajstić information content (AvgIpc) is 2.64. The molecule has 0 amide bonds. The van der Waals surface area contributed by atoms with Gasteiger partial charge in [-0.25, -0.2) is 0 Å². The molecule has 0 saturated heterocycles. The van der Waals surface area contributed by atoms with Gasteiger partial charge in [0, 0.05) is 18.6 Å². The normalized spacial score (nSPS) is 40.5. The van der Waals surface area contributed by atoms with Crippen molar-refractivity contribution >= 4 is 0 Å². The third-order valence-corrected chi connectivity index (χ3v) is 4.76. The summed E-state index contributed by atoms with van der Waals surface area (Å²) in [5.41, 5.74) is 5.99. The van der Waals surface area contributed by atoms with E-state index < -0.39 is 0 Å². The predicted molar refractivity (Wildman–Crippen MR) is 69.4 cm³/mol. The minimum Gasteiger partial charge on any atom is -0.328 e. The van der Waals surface area contributed by atoms with Gasteiger partial charge < -0.3 is 10.6 Å². The van der Waals surface area contributed by atoms with Crippen molar-refractivity contribution in [3.05, 3.63) is 0 Å². The Morgan fingerprint density at radius 1 is 1.12 bits per heavy atom. The van der Waals surface area contributed by atoms with Crippen molar-refractivity contribution in [2.45, 2.75) is 64.0 Å². The Balaban J connectivity index is 1.80. The molecular formula is C14H28N2. The second kappa shape index (κ2) is 5.50. The molecule has 2 nitrogen and oxygen atoms in total. The number of nitrogens with two attached hydrogens (primary N) is 1. The van der Waals surface area contributed by atoms with E-state index in [1.165, 1.54) is 51.5 Å². The number of rotatable bonds is 3. The molecule has 2 aliphatic rings. The van der Waals surface area contributed by atoms with Crippen molar-refractivity contribution in [2.75, 3.05) is 13.6 Å². The van der Waals surface area contributed by atoms with Gasteiger partial charge >= 0.3 is 0 Å². The SMILES string of the molecule is CC1CCCCC1N(C)CC1CCC(N)C1. The molecule has 4 atom stereocenters. The molecule has 0 aliphatic heterocycles. The molecule has 2 saturated carbocycles. The highest BCUT2D eigenvalue weighted by atomic mass is 15.1. The third-order valence-electron chi connectivity index (χ3n) is 4.76. The van der Waals surface area contributed by atoms with E-state index >= 15 is 0 Å². The lowest BCUT2D eigenvalue weighted by Gasteiger charge is -2.37. The minimum absolute atomic E-state index is 0.488. The monoisotopic (exact) mass is 224 g/mol. The molecule has 2 N–H and O–H groups in total. The van der Waals surface area contributed by atoms with Gasteiger partial charge in [0.05, 0.1) is 0 Å². The summed E-state index contributed by atoms with van der Waals surface area (Å²) in [4.78, 5) is 2.63. The Morgan fingerprint density at radius 2 is 1.88 bits per heavy atom. The fourth-order valence-corrected chi connectivity index (χ4v) is 3.77. The van der Waals surface area contributed by atoms with E-state index in [1.54, 1.807) is 0 Å². The largest absolute Gasteiger partial charge is 0.328 e. The highest BCUT2D eigenvalue weighted by Gasteiger charge is 2.28. The van der Waals surface area contributed by atoms with Crippen LogP contribution in [0.2, 0.25) is 0 Å². The van der Waals surface area contributed by atoms with Gasteiger partial charge in [0.2, 0.25) is 0 Å². The summed E-state index contributed by atoms with van der Waals surface area (Å²) in [7, 11) is 2.33. The molecule has 0 bridgehead atoms. The summed E-state index contributed by atoms with van der Waals surface area (Å²) in [5, 5.41) is 0. The maximum absolute atomic E-state index is 5.99. The molecule has 0 radical (unpaired) electrons. The van der Waals surface area contributed by atoms with Crippen LogP contribution in [0.1, 0.15) is 51.9 Å². The van der Waals surface area contributed by atoms with Gasteiger partial charge in [-0.05, 0) is 51.0 Å². The van der Waals surface area contributed by atoms with Gasteiger partial charge in [-0.1, -0.05) is 19.8 Å². The lowest BCUT2D eigenvalue weighted by Crippen LogP contribution is -2.41. The molecule has 0 aromatic rings. The van der Waals surface area contributed by atoms with Crippen molar-refractivity contribution < 1.29 is 0 Å². The number of nitrogens with zero attached hydrogens (tertiary/aromatic N) is 1. The van der Waals surface area contributed by atoms with Crippen LogP contribution in [-0.2, 0) is 0 Å². The van der Waals surface area contributed by atoms with Crippen LogP contribution >= 0.6 is 0 Å². The highest BCUT2D eigenvalue weighted by Crippen LogP contribution is 2.30. The second-order valence-electron chi connectivity index (χ2n) is 6.21. The highest BCUT2D eigenvalue weighted by molar-refractivity contribution is 4.84. The van der Waals surface area contributed by atoms with Crippen molar-refractivity contribution in [1.29, 1.82) is 0 Å². The molecule has 0 aromatic heterocycles. The van der Waals surface area contributed by atoms with Crippen LogP contribution in [0.3, 0.4) is 0 Å². The van der Waals surface area contributed by atoms with Gasteiger partial charge in [-0.2, -0.15) is 0 Å². The Kier molecular flexibility index (Phi) is 4.26. The van der Waals surface area contributed by atoms with Gasteiger partial charge in [0.1, 0.15) is 0 Å². The maximum Gasteiger partial charge on any atom is 0.0118 e. The van der Waals surface area contributed by atoms with E-state index in [0.29, 0.717) is 6.04 Å². The average molecular weight is 224 g/mol. The Morgan fingerprint density at radius 3 is 2.50 bits per heavy atom. The Hall–Kier alpha value is -0.0800. The molecule has 2 rings (SSSR count). The maximum atomic E-state index is 5.99. The summed E-state index contributed by atoms with van der Waals surface area (Å²) in [6.45, 7) is 3.71. The fourth-order valence-electron chi connectivity index (χ4n) is 3.77. The molecule has 94 valence electrons. The van der Waals surface area contributed by atoms with Crippen LogP contribution in [0.25, 0.3) is 0 Å².